The van der Waals surface area contributed by atoms with Gasteiger partial charge in [0.25, 0.3) is 0 Å². The van der Waals surface area contributed by atoms with Gasteiger partial charge >= 0.3 is 0 Å². The van der Waals surface area contributed by atoms with E-state index in [-0.39, 0.29) is 0 Å². The zero-order valence-electron chi connectivity index (χ0n) is 8.34. The van der Waals surface area contributed by atoms with Crippen molar-refractivity contribution in [3.8, 4) is 0 Å². The SMILES string of the molecule is [C]1=C/C=C\CCC/C=C/CCCC/1. The second-order valence-electron chi connectivity index (χ2n) is 3.45. The maximum absolute atomic E-state index is 3.29. The molecule has 0 saturated carbocycles. The van der Waals surface area contributed by atoms with Crippen molar-refractivity contribution in [3.05, 3.63) is 36.5 Å². The Bertz CT molecular complexity index is 184. The first-order chi connectivity index (χ1) is 6.50. The summed E-state index contributed by atoms with van der Waals surface area (Å²) in [4.78, 5) is 0. The lowest BCUT2D eigenvalue weighted by atomic mass is 10.1. The largest absolute Gasteiger partial charge is 0.0885 e. The normalized spacial score (nSPS) is 27.7. The number of hydrogen-bond donors (Lipinski definition) is 0. The summed E-state index contributed by atoms with van der Waals surface area (Å²) in [6.45, 7) is 0. The summed E-state index contributed by atoms with van der Waals surface area (Å²) in [6.07, 6.45) is 23.0. The second-order valence-corrected chi connectivity index (χ2v) is 3.45. The minimum absolute atomic E-state index is 1.11. The highest BCUT2D eigenvalue weighted by atomic mass is 13.9. The lowest BCUT2D eigenvalue weighted by Crippen LogP contribution is -1.72. The Morgan fingerprint density at radius 1 is 0.769 bits per heavy atom. The van der Waals surface area contributed by atoms with Gasteiger partial charge in [-0.2, -0.15) is 0 Å². The van der Waals surface area contributed by atoms with Crippen LogP contribution in [0, 0.1) is 6.08 Å². The standard InChI is InChI=1S/C13H19/c1-2-4-6-8-10-12-13-11-9-7-5-3-1/h1-3,10,12H,4,6-9,11,13H2/b2-1-,5-3?,12-10+. The van der Waals surface area contributed by atoms with E-state index in [4.69, 9.17) is 0 Å². The fourth-order valence-electron chi connectivity index (χ4n) is 1.39. The Morgan fingerprint density at radius 2 is 1.54 bits per heavy atom. The first-order valence-electron chi connectivity index (χ1n) is 5.37. The van der Waals surface area contributed by atoms with Crippen LogP contribution in [0.25, 0.3) is 0 Å². The molecule has 1 radical (unpaired) electrons. The van der Waals surface area contributed by atoms with Gasteiger partial charge in [-0.1, -0.05) is 30.4 Å². The van der Waals surface area contributed by atoms with Gasteiger partial charge in [-0.25, -0.2) is 0 Å². The third-order valence-corrected chi connectivity index (χ3v) is 2.20. The molecule has 1 aliphatic rings. The number of rotatable bonds is 0. The molecule has 0 aromatic rings. The first-order valence-corrected chi connectivity index (χ1v) is 5.37. The molecular weight excluding hydrogens is 156 g/mol. The molecule has 0 heteroatoms. The summed E-state index contributed by atoms with van der Waals surface area (Å²) in [7, 11) is 0. The van der Waals surface area contributed by atoms with Gasteiger partial charge < -0.3 is 0 Å². The molecule has 13 heavy (non-hydrogen) atoms. The molecular formula is C13H19. The van der Waals surface area contributed by atoms with E-state index < -0.39 is 0 Å². The predicted molar refractivity (Wildman–Crippen MR) is 58.4 cm³/mol. The molecule has 1 rings (SSSR count). The molecule has 0 heterocycles. The Balaban J connectivity index is 2.28. The highest BCUT2D eigenvalue weighted by Gasteiger charge is 1.85. The number of allylic oxidation sites excluding steroid dienone is 6. The average molecular weight is 175 g/mol. The van der Waals surface area contributed by atoms with Crippen molar-refractivity contribution in [3.63, 3.8) is 0 Å². The smallest absolute Gasteiger partial charge is 0.0276 e. The zero-order chi connectivity index (χ0) is 9.19. The van der Waals surface area contributed by atoms with Crippen molar-refractivity contribution in [1.29, 1.82) is 0 Å². The van der Waals surface area contributed by atoms with Crippen LogP contribution in [0.3, 0.4) is 0 Å². The Kier molecular flexibility index (Phi) is 6.22. The first kappa shape index (κ1) is 10.3. The Morgan fingerprint density at radius 3 is 2.46 bits per heavy atom. The molecule has 0 bridgehead atoms. The van der Waals surface area contributed by atoms with E-state index >= 15 is 0 Å². The van der Waals surface area contributed by atoms with Crippen LogP contribution in [0.15, 0.2) is 30.4 Å². The van der Waals surface area contributed by atoms with Gasteiger partial charge in [0.05, 0.1) is 0 Å². The lowest BCUT2D eigenvalue weighted by Gasteiger charge is -1.92. The molecule has 1 aliphatic carbocycles. The zero-order valence-corrected chi connectivity index (χ0v) is 8.34. The van der Waals surface area contributed by atoms with Crippen LogP contribution in [0.4, 0.5) is 0 Å². The summed E-state index contributed by atoms with van der Waals surface area (Å²) in [5, 5.41) is 0. The van der Waals surface area contributed by atoms with E-state index in [0.29, 0.717) is 0 Å². The molecule has 0 N–H and O–H groups in total. The van der Waals surface area contributed by atoms with Crippen LogP contribution >= 0.6 is 0 Å². The highest BCUT2D eigenvalue weighted by molar-refractivity contribution is 4.99. The van der Waals surface area contributed by atoms with Crippen LogP contribution < -0.4 is 0 Å². The highest BCUT2D eigenvalue weighted by Crippen LogP contribution is 2.05. The predicted octanol–water partition coefficient (Wildman–Crippen LogP) is 4.20. The fraction of sp³-hybridized carbons (Fsp3) is 0.538. The average Bonchev–Trinajstić information content (AvgIpc) is 2.18. The van der Waals surface area contributed by atoms with E-state index in [0.717, 1.165) is 6.42 Å². The van der Waals surface area contributed by atoms with Crippen molar-refractivity contribution in [2.75, 3.05) is 0 Å². The van der Waals surface area contributed by atoms with Crippen molar-refractivity contribution in [1.82, 2.24) is 0 Å². The van der Waals surface area contributed by atoms with E-state index in [1.807, 2.05) is 0 Å². The van der Waals surface area contributed by atoms with E-state index in [1.54, 1.807) is 0 Å². The van der Waals surface area contributed by atoms with Crippen LogP contribution in [-0.2, 0) is 0 Å². The summed E-state index contributed by atoms with van der Waals surface area (Å²) < 4.78 is 0. The third kappa shape index (κ3) is 6.39. The quantitative estimate of drug-likeness (QED) is 0.484. The summed E-state index contributed by atoms with van der Waals surface area (Å²) in [6, 6.07) is 0. The van der Waals surface area contributed by atoms with Gasteiger partial charge in [-0.15, -0.1) is 0 Å². The number of hydrogen-bond acceptors (Lipinski definition) is 0. The van der Waals surface area contributed by atoms with Crippen molar-refractivity contribution in [2.45, 2.75) is 44.9 Å². The van der Waals surface area contributed by atoms with Gasteiger partial charge in [0.1, 0.15) is 0 Å². The minimum Gasteiger partial charge on any atom is -0.0885 e. The second kappa shape index (κ2) is 7.85. The molecule has 0 fully saturated rings. The molecule has 71 valence electrons. The van der Waals surface area contributed by atoms with Crippen LogP contribution in [0.2, 0.25) is 0 Å². The third-order valence-electron chi connectivity index (χ3n) is 2.20. The van der Waals surface area contributed by atoms with Gasteiger partial charge in [-0.3, -0.25) is 0 Å². The van der Waals surface area contributed by atoms with Crippen LogP contribution in [0.1, 0.15) is 44.9 Å². The summed E-state index contributed by atoms with van der Waals surface area (Å²) >= 11 is 0. The van der Waals surface area contributed by atoms with E-state index in [2.05, 4.69) is 36.5 Å². The van der Waals surface area contributed by atoms with E-state index in [1.165, 1.54) is 38.5 Å². The summed E-state index contributed by atoms with van der Waals surface area (Å²) in [5.74, 6) is 0. The molecule has 0 aromatic heterocycles. The van der Waals surface area contributed by atoms with Crippen molar-refractivity contribution >= 4 is 0 Å². The molecule has 0 saturated heterocycles. The summed E-state index contributed by atoms with van der Waals surface area (Å²) in [5.41, 5.74) is 0. The molecule has 0 unspecified atom stereocenters. The minimum atomic E-state index is 1.11. The van der Waals surface area contributed by atoms with Crippen LogP contribution in [0.5, 0.6) is 0 Å². The maximum atomic E-state index is 3.29. The molecule has 0 spiro atoms. The molecule has 0 aliphatic heterocycles. The fourth-order valence-corrected chi connectivity index (χ4v) is 1.39. The van der Waals surface area contributed by atoms with Crippen molar-refractivity contribution in [2.24, 2.45) is 0 Å². The maximum Gasteiger partial charge on any atom is -0.0276 e. The van der Waals surface area contributed by atoms with Gasteiger partial charge in [0.15, 0.2) is 0 Å². The van der Waals surface area contributed by atoms with Gasteiger partial charge in [0, 0.05) is 0 Å². The van der Waals surface area contributed by atoms with Crippen LogP contribution in [-0.4, -0.2) is 0 Å². The van der Waals surface area contributed by atoms with Gasteiger partial charge in [-0.05, 0) is 51.0 Å². The topological polar surface area (TPSA) is 0 Å². The van der Waals surface area contributed by atoms with Crippen molar-refractivity contribution < 1.29 is 0 Å². The molecule has 0 nitrogen and oxygen atoms in total. The Labute approximate surface area is 82.0 Å². The molecule has 0 aromatic carbocycles. The molecule has 0 amide bonds. The lowest BCUT2D eigenvalue weighted by molar-refractivity contribution is 0.751. The Hall–Kier alpha value is -0.780. The monoisotopic (exact) mass is 175 g/mol. The molecule has 0 atom stereocenters. The van der Waals surface area contributed by atoms with E-state index in [9.17, 15) is 0 Å². The van der Waals surface area contributed by atoms with Gasteiger partial charge in [0.2, 0.25) is 0 Å².